The molecule has 1 aliphatic rings. The lowest BCUT2D eigenvalue weighted by Crippen LogP contribution is -2.41. The van der Waals surface area contributed by atoms with Crippen molar-refractivity contribution in [2.45, 2.75) is 65.9 Å². The highest BCUT2D eigenvalue weighted by Gasteiger charge is 2.28. The molecule has 0 saturated carbocycles. The molecule has 1 amide bonds. The zero-order chi connectivity index (χ0) is 16.0. The molecule has 1 fully saturated rings. The molecule has 0 atom stereocenters. The molecule has 0 aliphatic carbocycles. The number of nitrogens with zero attached hydrogens (tertiary/aromatic N) is 1. The Morgan fingerprint density at radius 1 is 1.29 bits per heavy atom. The van der Waals surface area contributed by atoms with Gasteiger partial charge in [0.15, 0.2) is 0 Å². The maximum absolute atomic E-state index is 12.0. The molecule has 0 bridgehead atoms. The molecule has 2 rings (SSSR count). The van der Waals surface area contributed by atoms with Crippen LogP contribution in [0.4, 0.5) is 4.79 Å². The molecule has 4 heteroatoms. The van der Waals surface area contributed by atoms with E-state index < -0.39 is 5.60 Å². The number of ether oxygens (including phenoxy) is 1. The van der Waals surface area contributed by atoms with E-state index in [0.717, 1.165) is 25.9 Å². The van der Waals surface area contributed by atoms with Crippen LogP contribution in [-0.2, 0) is 4.74 Å². The van der Waals surface area contributed by atoms with Gasteiger partial charge in [-0.2, -0.15) is 0 Å². The summed E-state index contributed by atoms with van der Waals surface area (Å²) >= 11 is 1.84. The number of rotatable bonds is 1. The number of thiophene rings is 1. The number of amides is 1. The molecule has 0 N–H and O–H groups in total. The minimum absolute atomic E-state index is 0.172. The monoisotopic (exact) mass is 311 g/mol. The summed E-state index contributed by atoms with van der Waals surface area (Å²) in [5, 5.41) is 2.16. The van der Waals surface area contributed by atoms with Crippen molar-refractivity contribution in [1.29, 1.82) is 0 Å². The minimum atomic E-state index is -0.404. The van der Waals surface area contributed by atoms with Crippen LogP contribution in [0.3, 0.4) is 0 Å². The van der Waals surface area contributed by atoms with Gasteiger partial charge in [-0.05, 0) is 63.5 Å². The van der Waals surface area contributed by atoms with Gasteiger partial charge in [-0.25, -0.2) is 4.79 Å². The van der Waals surface area contributed by atoms with Crippen molar-refractivity contribution in [3.05, 3.63) is 21.9 Å². The highest BCUT2D eigenvalue weighted by atomic mass is 32.1. The molecule has 0 radical (unpaired) electrons. The van der Waals surface area contributed by atoms with Gasteiger partial charge in [0, 0.05) is 18.0 Å². The Bertz CT molecular complexity index is 440. The molecule has 1 aromatic rings. The number of carbonyl (C=O) groups is 1. The van der Waals surface area contributed by atoms with E-state index >= 15 is 0 Å². The van der Waals surface area contributed by atoms with Crippen LogP contribution in [0.2, 0.25) is 0 Å². The third-order valence-electron chi connectivity index (χ3n) is 3.42. The zero-order valence-corrected chi connectivity index (χ0v) is 15.0. The van der Waals surface area contributed by atoms with Crippen LogP contribution in [0.15, 0.2) is 11.4 Å². The van der Waals surface area contributed by atoms with E-state index in [1.165, 1.54) is 10.4 Å². The molecule has 0 spiro atoms. The lowest BCUT2D eigenvalue weighted by Gasteiger charge is -2.33. The third kappa shape index (κ3) is 5.34. The number of likely N-dealkylation sites (tertiary alicyclic amines) is 1. The van der Waals surface area contributed by atoms with Crippen LogP contribution < -0.4 is 0 Å². The first kappa shape index (κ1) is 18.0. The number of carbonyl (C=O) groups excluding carboxylic acids is 1. The van der Waals surface area contributed by atoms with E-state index in [-0.39, 0.29) is 6.09 Å². The maximum atomic E-state index is 12.0. The van der Waals surface area contributed by atoms with Crippen LogP contribution in [0.1, 0.15) is 63.8 Å². The van der Waals surface area contributed by atoms with Crippen molar-refractivity contribution in [1.82, 2.24) is 4.90 Å². The van der Waals surface area contributed by atoms with E-state index in [9.17, 15) is 4.79 Å². The molecule has 0 unspecified atom stereocenters. The summed E-state index contributed by atoms with van der Waals surface area (Å²) in [6, 6.07) is 2.18. The van der Waals surface area contributed by atoms with Crippen LogP contribution in [-0.4, -0.2) is 29.7 Å². The first-order valence-electron chi connectivity index (χ1n) is 7.89. The van der Waals surface area contributed by atoms with Crippen LogP contribution in [0, 0.1) is 6.92 Å². The fourth-order valence-corrected chi connectivity index (χ4v) is 3.55. The second kappa shape index (κ2) is 7.83. The summed E-state index contributed by atoms with van der Waals surface area (Å²) in [6.45, 7) is 13.5. The standard InChI is InChI=1S/C15H23NO2S.C2H6/c1-11-7-10-19-13(11)12-5-8-16(9-6-12)14(17)18-15(2,3)4;1-2/h7,10,12H,5-6,8-9H2,1-4H3;1-2H3. The highest BCUT2D eigenvalue weighted by Crippen LogP contribution is 2.34. The quantitative estimate of drug-likeness (QED) is 0.713. The second-order valence-corrected chi connectivity index (χ2v) is 7.16. The number of hydrogen-bond donors (Lipinski definition) is 0. The molecule has 2 heterocycles. The Kier molecular flexibility index (Phi) is 6.72. The molecule has 0 aromatic carbocycles. The number of hydrogen-bond acceptors (Lipinski definition) is 3. The van der Waals surface area contributed by atoms with Gasteiger partial charge in [-0.1, -0.05) is 13.8 Å². The maximum Gasteiger partial charge on any atom is 0.410 e. The lowest BCUT2D eigenvalue weighted by atomic mass is 9.93. The van der Waals surface area contributed by atoms with Crippen molar-refractivity contribution in [2.24, 2.45) is 0 Å². The molecule has 21 heavy (non-hydrogen) atoms. The molecule has 120 valence electrons. The molecular formula is C17H29NO2S. The molecule has 1 aromatic heterocycles. The van der Waals surface area contributed by atoms with Crippen molar-refractivity contribution in [2.75, 3.05) is 13.1 Å². The Morgan fingerprint density at radius 2 is 1.86 bits per heavy atom. The van der Waals surface area contributed by atoms with Crippen LogP contribution in [0.5, 0.6) is 0 Å². The molecule has 1 aliphatic heterocycles. The van der Waals surface area contributed by atoms with Crippen LogP contribution in [0.25, 0.3) is 0 Å². The Hall–Kier alpha value is -1.03. The average molecular weight is 311 g/mol. The summed E-state index contributed by atoms with van der Waals surface area (Å²) in [7, 11) is 0. The fourth-order valence-electron chi connectivity index (χ4n) is 2.45. The topological polar surface area (TPSA) is 29.5 Å². The van der Waals surface area contributed by atoms with Crippen molar-refractivity contribution in [3.8, 4) is 0 Å². The van der Waals surface area contributed by atoms with E-state index in [1.54, 1.807) is 0 Å². The van der Waals surface area contributed by atoms with E-state index in [0.29, 0.717) is 5.92 Å². The number of piperidine rings is 1. The summed E-state index contributed by atoms with van der Waals surface area (Å²) in [5.41, 5.74) is 0.985. The van der Waals surface area contributed by atoms with E-state index in [1.807, 2.05) is 50.9 Å². The first-order chi connectivity index (χ1) is 9.87. The summed E-state index contributed by atoms with van der Waals surface area (Å²) < 4.78 is 5.42. The Labute approximate surface area is 133 Å². The Morgan fingerprint density at radius 3 is 2.29 bits per heavy atom. The van der Waals surface area contributed by atoms with Crippen molar-refractivity contribution >= 4 is 17.4 Å². The van der Waals surface area contributed by atoms with Gasteiger partial charge in [-0.3, -0.25) is 0 Å². The van der Waals surface area contributed by atoms with Gasteiger partial charge in [0.1, 0.15) is 5.60 Å². The normalized spacial score (nSPS) is 16.2. The van der Waals surface area contributed by atoms with Gasteiger partial charge in [0.25, 0.3) is 0 Å². The predicted octanol–water partition coefficient (Wildman–Crippen LogP) is 5.20. The van der Waals surface area contributed by atoms with E-state index in [2.05, 4.69) is 18.4 Å². The van der Waals surface area contributed by atoms with Crippen molar-refractivity contribution in [3.63, 3.8) is 0 Å². The summed E-state index contributed by atoms with van der Waals surface area (Å²) in [5.74, 6) is 0.610. The van der Waals surface area contributed by atoms with E-state index in [4.69, 9.17) is 4.74 Å². The third-order valence-corrected chi connectivity index (χ3v) is 4.60. The van der Waals surface area contributed by atoms with Crippen molar-refractivity contribution < 1.29 is 9.53 Å². The lowest BCUT2D eigenvalue weighted by molar-refractivity contribution is 0.0205. The fraction of sp³-hybridized carbons (Fsp3) is 0.706. The van der Waals surface area contributed by atoms with Gasteiger partial charge in [-0.15, -0.1) is 11.3 Å². The first-order valence-corrected chi connectivity index (χ1v) is 8.77. The minimum Gasteiger partial charge on any atom is -0.444 e. The summed E-state index contributed by atoms with van der Waals surface area (Å²) in [4.78, 5) is 15.3. The molecule has 1 saturated heterocycles. The summed E-state index contributed by atoms with van der Waals surface area (Å²) in [6.07, 6.45) is 1.91. The van der Waals surface area contributed by atoms with Gasteiger partial charge in [0.05, 0.1) is 0 Å². The zero-order valence-electron chi connectivity index (χ0n) is 14.2. The van der Waals surface area contributed by atoms with Crippen LogP contribution >= 0.6 is 11.3 Å². The SMILES string of the molecule is CC.Cc1ccsc1C1CCN(C(=O)OC(C)(C)C)CC1. The predicted molar refractivity (Wildman–Crippen MR) is 90.2 cm³/mol. The molecular weight excluding hydrogens is 282 g/mol. The largest absolute Gasteiger partial charge is 0.444 e. The Balaban J connectivity index is 0.00000106. The number of aryl methyl sites for hydroxylation is 1. The smallest absolute Gasteiger partial charge is 0.410 e. The highest BCUT2D eigenvalue weighted by molar-refractivity contribution is 7.10. The second-order valence-electron chi connectivity index (χ2n) is 6.21. The van der Waals surface area contributed by atoms with Gasteiger partial charge < -0.3 is 9.64 Å². The molecule has 3 nitrogen and oxygen atoms in total. The van der Waals surface area contributed by atoms with Gasteiger partial charge in [0.2, 0.25) is 0 Å². The average Bonchev–Trinajstić information content (AvgIpc) is 2.85. The van der Waals surface area contributed by atoms with Gasteiger partial charge >= 0.3 is 6.09 Å².